The highest BCUT2D eigenvalue weighted by molar-refractivity contribution is 6.21. The van der Waals surface area contributed by atoms with E-state index >= 15 is 4.39 Å². The summed E-state index contributed by atoms with van der Waals surface area (Å²) in [5.74, 6) is -0.251. The lowest BCUT2D eigenvalue weighted by Gasteiger charge is -2.30. The van der Waals surface area contributed by atoms with E-state index in [1.54, 1.807) is 36.4 Å². The van der Waals surface area contributed by atoms with Crippen LogP contribution < -0.4 is 15.5 Å². The van der Waals surface area contributed by atoms with Gasteiger partial charge in [-0.05, 0) is 86.8 Å². The number of carbonyl (C=O) groups excluding carboxylic acids is 3. The van der Waals surface area contributed by atoms with Crippen LogP contribution in [0.15, 0.2) is 71.7 Å². The van der Waals surface area contributed by atoms with Gasteiger partial charge in [0.1, 0.15) is 12.4 Å². The number of benzodiazepines with no additional fused rings is 1. The monoisotopic (exact) mass is 581 g/mol. The Kier molecular flexibility index (Phi) is 7.97. The number of hydrogen-bond acceptors (Lipinski definition) is 4. The van der Waals surface area contributed by atoms with Crippen LogP contribution in [0.3, 0.4) is 0 Å². The number of nitrogens with one attached hydrogen (secondary N) is 2. The number of halogens is 1. The molecule has 3 heterocycles. The van der Waals surface area contributed by atoms with Crippen LogP contribution in [0.2, 0.25) is 0 Å². The van der Waals surface area contributed by atoms with Crippen molar-refractivity contribution in [1.82, 2.24) is 10.2 Å². The predicted octanol–water partition coefficient (Wildman–Crippen LogP) is 5.42. The van der Waals surface area contributed by atoms with Crippen molar-refractivity contribution in [2.75, 3.05) is 29.9 Å². The number of aliphatic imine (C=N–C) groups is 1. The predicted molar refractivity (Wildman–Crippen MR) is 165 cm³/mol. The van der Waals surface area contributed by atoms with Crippen molar-refractivity contribution in [1.29, 1.82) is 0 Å². The quantitative estimate of drug-likeness (QED) is 0.421. The summed E-state index contributed by atoms with van der Waals surface area (Å²) in [5, 5.41) is 5.45. The molecule has 9 heteroatoms. The van der Waals surface area contributed by atoms with Crippen LogP contribution in [0.25, 0.3) is 0 Å². The first-order chi connectivity index (χ1) is 20.8. The van der Waals surface area contributed by atoms with E-state index in [2.05, 4.69) is 15.6 Å². The van der Waals surface area contributed by atoms with Gasteiger partial charge in [0.15, 0.2) is 0 Å². The van der Waals surface area contributed by atoms with Crippen molar-refractivity contribution >= 4 is 34.9 Å². The third-order valence-electron chi connectivity index (χ3n) is 8.76. The molecule has 4 aliphatic rings. The lowest BCUT2D eigenvalue weighted by molar-refractivity contribution is -0.132. The van der Waals surface area contributed by atoms with Gasteiger partial charge in [-0.15, -0.1) is 0 Å². The summed E-state index contributed by atoms with van der Waals surface area (Å²) in [6, 6.07) is 18.3. The van der Waals surface area contributed by atoms with Gasteiger partial charge >= 0.3 is 6.03 Å². The van der Waals surface area contributed by atoms with E-state index in [-0.39, 0.29) is 23.7 Å². The topological polar surface area (TPSA) is 94.1 Å². The van der Waals surface area contributed by atoms with Crippen molar-refractivity contribution in [3.8, 4) is 0 Å². The molecule has 3 aromatic carbocycles. The van der Waals surface area contributed by atoms with E-state index in [4.69, 9.17) is 0 Å². The lowest BCUT2D eigenvalue weighted by Crippen LogP contribution is -2.52. The summed E-state index contributed by atoms with van der Waals surface area (Å²) < 4.78 is 15.2. The molecule has 1 aliphatic carbocycles. The van der Waals surface area contributed by atoms with Gasteiger partial charge in [0, 0.05) is 29.9 Å². The molecule has 0 radical (unpaired) electrons. The van der Waals surface area contributed by atoms with Crippen LogP contribution in [-0.2, 0) is 9.59 Å². The first-order valence-corrected chi connectivity index (χ1v) is 14.9. The van der Waals surface area contributed by atoms with Gasteiger partial charge in [0.2, 0.25) is 12.1 Å². The molecular weight excluding hydrogens is 545 g/mol. The maximum absolute atomic E-state index is 15.2. The number of rotatable bonds is 5. The van der Waals surface area contributed by atoms with Crippen molar-refractivity contribution in [3.63, 3.8) is 0 Å². The van der Waals surface area contributed by atoms with Crippen molar-refractivity contribution in [3.05, 3.63) is 94.8 Å². The van der Waals surface area contributed by atoms with Crippen LogP contribution in [-0.4, -0.2) is 54.3 Å². The van der Waals surface area contributed by atoms with E-state index in [1.807, 2.05) is 43.0 Å². The average molecular weight is 582 g/mol. The largest absolute Gasteiger partial charge is 0.341 e. The van der Waals surface area contributed by atoms with Gasteiger partial charge in [-0.25, -0.2) is 14.2 Å². The standard InChI is InChI=1S/C34H36FN5O3/c1-21-7-5-9-25(17-21)36-34(43)38-32-33(42)40(20-29(41)39-18-23-13-14-24(19-39)16-15-23)31-22(2)8-6-11-27(31)30(37-32)26-10-3-4-12-28(26)35/h3-12,17,23-24,32H,13-16,18-20H2,1-2H3,(H2,36,38,43). The molecular formula is C34H36FN5O3. The second-order valence-electron chi connectivity index (χ2n) is 11.9. The normalized spacial score (nSPS) is 21.4. The average Bonchev–Trinajstić information content (AvgIpc) is 3.37. The zero-order valence-corrected chi connectivity index (χ0v) is 24.5. The Labute approximate surface area is 251 Å². The summed E-state index contributed by atoms with van der Waals surface area (Å²) in [4.78, 5) is 49.3. The second kappa shape index (κ2) is 12.0. The number of benzene rings is 3. The molecule has 2 bridgehead atoms. The lowest BCUT2D eigenvalue weighted by atomic mass is 9.84. The fourth-order valence-electron chi connectivity index (χ4n) is 6.59. The number of carbonyl (C=O) groups is 3. The Morgan fingerprint density at radius 1 is 0.907 bits per heavy atom. The highest BCUT2D eigenvalue weighted by Crippen LogP contribution is 2.35. The summed E-state index contributed by atoms with van der Waals surface area (Å²) in [5.41, 5.74) is 3.69. The van der Waals surface area contributed by atoms with E-state index in [9.17, 15) is 14.4 Å². The third-order valence-corrected chi connectivity index (χ3v) is 8.76. The first kappa shape index (κ1) is 28.6. The summed E-state index contributed by atoms with van der Waals surface area (Å²) in [7, 11) is 0. The molecule has 2 N–H and O–H groups in total. The Morgan fingerprint density at radius 2 is 1.58 bits per heavy atom. The molecule has 7 rings (SSSR count). The number of nitrogens with zero attached hydrogens (tertiary/aromatic N) is 3. The van der Waals surface area contributed by atoms with Crippen molar-refractivity contribution in [2.24, 2.45) is 16.8 Å². The van der Waals surface area contributed by atoms with Gasteiger partial charge < -0.3 is 15.5 Å². The Balaban J connectivity index is 1.38. The second-order valence-corrected chi connectivity index (χ2v) is 11.9. The Morgan fingerprint density at radius 3 is 2.28 bits per heavy atom. The van der Waals surface area contributed by atoms with E-state index in [0.29, 0.717) is 41.9 Å². The SMILES string of the molecule is Cc1cccc(NC(=O)NC2N=C(c3ccccc3F)c3cccc(C)c3N(CC(=O)N3CC4CCC(CC4)C3)C2=O)c1. The smallest absolute Gasteiger partial charge is 0.321 e. The van der Waals surface area contributed by atoms with Gasteiger partial charge in [-0.2, -0.15) is 0 Å². The molecule has 3 fully saturated rings. The van der Waals surface area contributed by atoms with Crippen molar-refractivity contribution < 1.29 is 18.8 Å². The minimum atomic E-state index is -1.40. The molecule has 0 aromatic heterocycles. The summed E-state index contributed by atoms with van der Waals surface area (Å²) in [6.45, 7) is 4.94. The highest BCUT2D eigenvalue weighted by atomic mass is 19.1. The van der Waals surface area contributed by atoms with E-state index < -0.39 is 23.9 Å². The maximum atomic E-state index is 15.2. The molecule has 3 aromatic rings. The molecule has 0 spiro atoms. The first-order valence-electron chi connectivity index (χ1n) is 14.9. The third kappa shape index (κ3) is 6.02. The van der Waals surface area contributed by atoms with Crippen LogP contribution in [0, 0.1) is 31.5 Å². The van der Waals surface area contributed by atoms with Gasteiger partial charge in [-0.3, -0.25) is 14.5 Å². The Bertz CT molecular complexity index is 1580. The number of para-hydroxylation sites is 1. The summed E-state index contributed by atoms with van der Waals surface area (Å²) >= 11 is 0. The summed E-state index contributed by atoms with van der Waals surface area (Å²) in [6.07, 6.45) is 3.10. The van der Waals surface area contributed by atoms with E-state index in [0.717, 1.165) is 36.8 Å². The molecule has 1 unspecified atom stereocenters. The number of anilines is 2. The fraction of sp³-hybridized carbons (Fsp3) is 0.353. The Hall–Kier alpha value is -4.53. The fourth-order valence-corrected chi connectivity index (χ4v) is 6.59. The van der Waals surface area contributed by atoms with Crippen LogP contribution in [0.4, 0.5) is 20.6 Å². The van der Waals surface area contributed by atoms with Gasteiger partial charge in [0.05, 0.1) is 11.4 Å². The molecule has 1 saturated carbocycles. The number of urea groups is 1. The van der Waals surface area contributed by atoms with Gasteiger partial charge in [0.25, 0.3) is 5.91 Å². The van der Waals surface area contributed by atoms with Gasteiger partial charge in [-0.1, -0.05) is 42.5 Å². The molecule has 2 saturated heterocycles. The van der Waals surface area contributed by atoms with Crippen molar-refractivity contribution in [2.45, 2.75) is 45.7 Å². The maximum Gasteiger partial charge on any atom is 0.321 e. The van der Waals surface area contributed by atoms with Crippen LogP contribution in [0.5, 0.6) is 0 Å². The van der Waals surface area contributed by atoms with Crippen LogP contribution in [0.1, 0.15) is 47.9 Å². The zero-order chi connectivity index (χ0) is 30.1. The minimum absolute atomic E-state index is 0.140. The molecule has 8 nitrogen and oxygen atoms in total. The molecule has 43 heavy (non-hydrogen) atoms. The molecule has 3 aliphatic heterocycles. The number of amides is 4. The van der Waals surface area contributed by atoms with E-state index in [1.165, 1.54) is 11.0 Å². The number of fused-ring (bicyclic) bond motifs is 5. The number of hydrogen-bond donors (Lipinski definition) is 2. The molecule has 4 amide bonds. The number of aryl methyl sites for hydroxylation is 2. The molecule has 222 valence electrons. The highest BCUT2D eigenvalue weighted by Gasteiger charge is 2.38. The minimum Gasteiger partial charge on any atom is -0.341 e. The zero-order valence-electron chi connectivity index (χ0n) is 24.5. The molecule has 1 atom stereocenters. The van der Waals surface area contributed by atoms with Crippen LogP contribution >= 0.6 is 0 Å².